The molecule has 4 nitrogen and oxygen atoms in total. The summed E-state index contributed by atoms with van der Waals surface area (Å²) in [7, 11) is 1.63. The molecule has 0 amide bonds. The van der Waals surface area contributed by atoms with E-state index in [2.05, 4.69) is 11.9 Å². The fourth-order valence-corrected chi connectivity index (χ4v) is 1.02. The summed E-state index contributed by atoms with van der Waals surface area (Å²) in [5.41, 5.74) is 0. The van der Waals surface area contributed by atoms with Crippen molar-refractivity contribution in [2.75, 3.05) is 26.9 Å². The van der Waals surface area contributed by atoms with E-state index in [1.807, 2.05) is 13.8 Å². The number of hydrogen-bond donors (Lipinski definition) is 2. The Morgan fingerprint density at radius 2 is 2.07 bits per heavy atom. The number of aliphatic hydroxyl groups is 1. The van der Waals surface area contributed by atoms with Crippen molar-refractivity contribution >= 4 is 0 Å². The molecule has 90 valence electrons. The molecule has 0 aliphatic heterocycles. The van der Waals surface area contributed by atoms with Crippen LogP contribution in [0.3, 0.4) is 0 Å². The van der Waals surface area contributed by atoms with Crippen molar-refractivity contribution in [2.45, 2.75) is 32.1 Å². The van der Waals surface area contributed by atoms with Gasteiger partial charge in [-0.15, -0.1) is 6.58 Å². The van der Waals surface area contributed by atoms with Crippen LogP contribution in [-0.4, -0.2) is 50.2 Å². The summed E-state index contributed by atoms with van der Waals surface area (Å²) in [5.74, 6) is 0. The van der Waals surface area contributed by atoms with Gasteiger partial charge in [0, 0.05) is 19.7 Å². The van der Waals surface area contributed by atoms with Gasteiger partial charge in [-0.3, -0.25) is 0 Å². The molecule has 0 aliphatic carbocycles. The molecular weight excluding hydrogens is 194 g/mol. The van der Waals surface area contributed by atoms with Crippen LogP contribution in [0, 0.1) is 0 Å². The van der Waals surface area contributed by atoms with Crippen LogP contribution in [0.5, 0.6) is 0 Å². The first kappa shape index (κ1) is 14.6. The molecule has 15 heavy (non-hydrogen) atoms. The Morgan fingerprint density at radius 3 is 2.60 bits per heavy atom. The number of hydrogen-bond acceptors (Lipinski definition) is 4. The van der Waals surface area contributed by atoms with Gasteiger partial charge in [0.25, 0.3) is 0 Å². The number of ether oxygens (including phenoxy) is 2. The van der Waals surface area contributed by atoms with Crippen molar-refractivity contribution in [3.8, 4) is 0 Å². The Hall–Kier alpha value is -0.420. The summed E-state index contributed by atoms with van der Waals surface area (Å²) in [6.07, 6.45) is 1.31. The average molecular weight is 217 g/mol. The van der Waals surface area contributed by atoms with Crippen LogP contribution in [-0.2, 0) is 9.47 Å². The van der Waals surface area contributed by atoms with Gasteiger partial charge in [0.1, 0.15) is 0 Å². The van der Waals surface area contributed by atoms with Gasteiger partial charge >= 0.3 is 0 Å². The molecule has 0 fully saturated rings. The maximum atomic E-state index is 9.55. The van der Waals surface area contributed by atoms with E-state index < -0.39 is 6.10 Å². The second-order valence-corrected chi connectivity index (χ2v) is 3.69. The van der Waals surface area contributed by atoms with Crippen LogP contribution in [0.2, 0.25) is 0 Å². The Kier molecular flexibility index (Phi) is 8.61. The lowest BCUT2D eigenvalue weighted by Crippen LogP contribution is -2.36. The minimum Gasteiger partial charge on any atom is -0.389 e. The van der Waals surface area contributed by atoms with E-state index in [0.717, 1.165) is 0 Å². The first-order valence-electron chi connectivity index (χ1n) is 5.24. The molecule has 0 spiro atoms. The molecule has 0 saturated carbocycles. The summed E-state index contributed by atoms with van der Waals surface area (Å²) in [6.45, 7) is 8.91. The molecule has 4 heteroatoms. The van der Waals surface area contributed by atoms with E-state index in [9.17, 15) is 5.11 Å². The summed E-state index contributed by atoms with van der Waals surface area (Å²) < 4.78 is 10.3. The molecule has 0 saturated heterocycles. The standard InChI is InChI=1S/C11H23NO3/c1-5-9(2)12-6-11(13)8-15-10(3)7-14-4/h5,9-13H,1,6-8H2,2-4H3. The van der Waals surface area contributed by atoms with Gasteiger partial charge in [-0.05, 0) is 13.8 Å². The van der Waals surface area contributed by atoms with Gasteiger partial charge in [-0.1, -0.05) is 6.08 Å². The fraction of sp³-hybridized carbons (Fsp3) is 0.818. The fourth-order valence-electron chi connectivity index (χ4n) is 1.02. The van der Waals surface area contributed by atoms with Gasteiger partial charge in [0.15, 0.2) is 0 Å². The van der Waals surface area contributed by atoms with Crippen LogP contribution in [0.25, 0.3) is 0 Å². The lowest BCUT2D eigenvalue weighted by atomic mass is 10.3. The summed E-state index contributed by atoms with van der Waals surface area (Å²) in [6, 6.07) is 0.205. The van der Waals surface area contributed by atoms with E-state index in [1.165, 1.54) is 0 Å². The first-order chi connectivity index (χ1) is 7.10. The Morgan fingerprint density at radius 1 is 1.40 bits per heavy atom. The number of rotatable bonds is 9. The molecule has 0 aromatic heterocycles. The summed E-state index contributed by atoms with van der Waals surface area (Å²) in [5, 5.41) is 12.7. The zero-order valence-corrected chi connectivity index (χ0v) is 9.90. The highest BCUT2D eigenvalue weighted by Crippen LogP contribution is 1.94. The summed E-state index contributed by atoms with van der Waals surface area (Å²) >= 11 is 0. The SMILES string of the molecule is C=CC(C)NCC(O)COC(C)COC. The molecule has 0 bridgehead atoms. The van der Waals surface area contributed by atoms with Gasteiger partial charge in [-0.25, -0.2) is 0 Å². The molecule has 3 unspecified atom stereocenters. The van der Waals surface area contributed by atoms with E-state index in [1.54, 1.807) is 13.2 Å². The van der Waals surface area contributed by atoms with Crippen molar-refractivity contribution in [3.05, 3.63) is 12.7 Å². The largest absolute Gasteiger partial charge is 0.389 e. The number of aliphatic hydroxyl groups excluding tert-OH is 1. The normalized spacial score (nSPS) is 17.1. The molecule has 2 N–H and O–H groups in total. The zero-order chi connectivity index (χ0) is 11.7. The van der Waals surface area contributed by atoms with E-state index in [0.29, 0.717) is 19.8 Å². The zero-order valence-electron chi connectivity index (χ0n) is 9.90. The van der Waals surface area contributed by atoms with Gasteiger partial charge in [0.2, 0.25) is 0 Å². The predicted molar refractivity (Wildman–Crippen MR) is 61.0 cm³/mol. The topological polar surface area (TPSA) is 50.7 Å². The van der Waals surface area contributed by atoms with Crippen LogP contribution >= 0.6 is 0 Å². The van der Waals surface area contributed by atoms with Crippen molar-refractivity contribution in [1.82, 2.24) is 5.32 Å². The van der Waals surface area contributed by atoms with Crippen LogP contribution < -0.4 is 5.32 Å². The van der Waals surface area contributed by atoms with E-state index in [4.69, 9.17) is 9.47 Å². The van der Waals surface area contributed by atoms with Gasteiger partial charge in [-0.2, -0.15) is 0 Å². The van der Waals surface area contributed by atoms with Crippen molar-refractivity contribution in [3.63, 3.8) is 0 Å². The second-order valence-electron chi connectivity index (χ2n) is 3.69. The Labute approximate surface area is 92.3 Å². The van der Waals surface area contributed by atoms with Crippen LogP contribution in [0.4, 0.5) is 0 Å². The first-order valence-corrected chi connectivity index (χ1v) is 5.24. The van der Waals surface area contributed by atoms with Crippen molar-refractivity contribution in [1.29, 1.82) is 0 Å². The Bertz CT molecular complexity index is 164. The maximum Gasteiger partial charge on any atom is 0.0898 e. The van der Waals surface area contributed by atoms with Crippen molar-refractivity contribution in [2.24, 2.45) is 0 Å². The molecule has 0 aromatic carbocycles. The number of nitrogens with one attached hydrogen (secondary N) is 1. The molecule has 0 aromatic rings. The smallest absolute Gasteiger partial charge is 0.0898 e. The monoisotopic (exact) mass is 217 g/mol. The van der Waals surface area contributed by atoms with E-state index in [-0.39, 0.29) is 12.1 Å². The third-order valence-electron chi connectivity index (χ3n) is 2.00. The second kappa shape index (κ2) is 8.85. The molecule has 0 radical (unpaired) electrons. The molecule has 0 heterocycles. The van der Waals surface area contributed by atoms with Crippen LogP contribution in [0.1, 0.15) is 13.8 Å². The third kappa shape index (κ3) is 8.57. The summed E-state index contributed by atoms with van der Waals surface area (Å²) in [4.78, 5) is 0. The minimum absolute atomic E-state index is 0.0153. The van der Waals surface area contributed by atoms with Gasteiger partial charge in [0.05, 0.1) is 25.4 Å². The quantitative estimate of drug-likeness (QED) is 0.554. The highest BCUT2D eigenvalue weighted by atomic mass is 16.5. The molecule has 0 aliphatic rings. The number of methoxy groups -OCH3 is 1. The lowest BCUT2D eigenvalue weighted by Gasteiger charge is -2.17. The predicted octanol–water partition coefficient (Wildman–Crippen LogP) is 0.563. The highest BCUT2D eigenvalue weighted by molar-refractivity contribution is 4.81. The third-order valence-corrected chi connectivity index (χ3v) is 2.00. The molecular formula is C11H23NO3. The Balaban J connectivity index is 3.47. The van der Waals surface area contributed by atoms with Crippen LogP contribution in [0.15, 0.2) is 12.7 Å². The van der Waals surface area contributed by atoms with E-state index >= 15 is 0 Å². The molecule has 0 rings (SSSR count). The van der Waals surface area contributed by atoms with Gasteiger partial charge < -0.3 is 19.9 Å². The lowest BCUT2D eigenvalue weighted by molar-refractivity contribution is -0.0312. The van der Waals surface area contributed by atoms with Crippen molar-refractivity contribution < 1.29 is 14.6 Å². The average Bonchev–Trinajstić information content (AvgIpc) is 2.23. The maximum absolute atomic E-state index is 9.55. The highest BCUT2D eigenvalue weighted by Gasteiger charge is 2.08. The minimum atomic E-state index is -0.494. The molecule has 3 atom stereocenters.